The Labute approximate surface area is 139 Å². The fourth-order valence-corrected chi connectivity index (χ4v) is 2.55. The van der Waals surface area contributed by atoms with Crippen molar-refractivity contribution in [1.82, 2.24) is 15.1 Å². The summed E-state index contributed by atoms with van der Waals surface area (Å²) in [4.78, 5) is 22.8. The predicted octanol–water partition coefficient (Wildman–Crippen LogP) is 1.58. The van der Waals surface area contributed by atoms with Crippen LogP contribution in [0.1, 0.15) is 34.8 Å². The van der Waals surface area contributed by atoms with Gasteiger partial charge >= 0.3 is 5.97 Å². The zero-order valence-electron chi connectivity index (χ0n) is 13.1. The smallest absolute Gasteiger partial charge is 0.329 e. The van der Waals surface area contributed by atoms with Crippen molar-refractivity contribution in [1.29, 1.82) is 0 Å². The largest absolute Gasteiger partial charge is 0.480 e. The van der Waals surface area contributed by atoms with Crippen molar-refractivity contribution in [3.8, 4) is 5.69 Å². The molecule has 1 aromatic carbocycles. The number of carbonyl (C=O) groups is 2. The molecule has 24 heavy (non-hydrogen) atoms. The van der Waals surface area contributed by atoms with Crippen LogP contribution in [0.15, 0.2) is 36.5 Å². The minimum atomic E-state index is -1.03. The number of nitrogens with one attached hydrogen (secondary N) is 1. The van der Waals surface area contributed by atoms with Gasteiger partial charge in [-0.1, -0.05) is 18.2 Å². The second-order valence-electron chi connectivity index (χ2n) is 5.67. The van der Waals surface area contributed by atoms with Crippen molar-refractivity contribution >= 4 is 11.9 Å². The lowest BCUT2D eigenvalue weighted by atomic mass is 10.1. The highest BCUT2D eigenvalue weighted by atomic mass is 16.5. The van der Waals surface area contributed by atoms with Gasteiger partial charge in [-0.05, 0) is 25.0 Å². The summed E-state index contributed by atoms with van der Waals surface area (Å²) in [5.74, 6) is -0.879. The summed E-state index contributed by atoms with van der Waals surface area (Å²) in [6.45, 7) is 0.0471. The first-order valence-corrected chi connectivity index (χ1v) is 7.88. The molecule has 1 aliphatic carbocycles. The molecule has 3 rings (SSSR count). The lowest BCUT2D eigenvalue weighted by Gasteiger charge is -2.09. The normalized spacial score (nSPS) is 13.7. The van der Waals surface area contributed by atoms with Crippen LogP contribution in [0, 0.1) is 0 Å². The van der Waals surface area contributed by atoms with E-state index in [0.29, 0.717) is 11.5 Å². The minimum Gasteiger partial charge on any atom is -0.480 e. The Balaban J connectivity index is 1.68. The van der Waals surface area contributed by atoms with Crippen LogP contribution in [0.3, 0.4) is 0 Å². The van der Waals surface area contributed by atoms with Crippen molar-refractivity contribution in [2.45, 2.75) is 18.8 Å². The third kappa shape index (κ3) is 3.80. The highest BCUT2D eigenvalue weighted by Gasteiger charge is 2.32. The monoisotopic (exact) mass is 329 g/mol. The Morgan fingerprint density at radius 3 is 2.71 bits per heavy atom. The molecule has 1 heterocycles. The second kappa shape index (κ2) is 7.27. The maximum absolute atomic E-state index is 12.4. The van der Waals surface area contributed by atoms with E-state index in [1.807, 2.05) is 35.0 Å². The van der Waals surface area contributed by atoms with Crippen LogP contribution >= 0.6 is 0 Å². The first-order chi connectivity index (χ1) is 11.7. The van der Waals surface area contributed by atoms with E-state index < -0.39 is 5.97 Å². The average Bonchev–Trinajstić information content (AvgIpc) is 3.33. The van der Waals surface area contributed by atoms with E-state index in [1.165, 1.54) is 0 Å². The number of hydrogen-bond donors (Lipinski definition) is 2. The van der Waals surface area contributed by atoms with Crippen LogP contribution in [-0.2, 0) is 9.53 Å². The average molecular weight is 329 g/mol. The second-order valence-corrected chi connectivity index (χ2v) is 5.67. The Morgan fingerprint density at radius 2 is 2.04 bits per heavy atom. The Kier molecular flexibility index (Phi) is 4.90. The topological polar surface area (TPSA) is 93.4 Å². The fourth-order valence-electron chi connectivity index (χ4n) is 2.55. The summed E-state index contributed by atoms with van der Waals surface area (Å²) in [7, 11) is 0. The zero-order chi connectivity index (χ0) is 16.9. The quantitative estimate of drug-likeness (QED) is 0.717. The maximum Gasteiger partial charge on any atom is 0.329 e. The number of aromatic nitrogens is 2. The van der Waals surface area contributed by atoms with Crippen LogP contribution < -0.4 is 5.32 Å². The standard InChI is InChI=1S/C17H19N3O4/c21-15(22)11-24-9-8-18-17(23)14-10-19-20(16(14)12-6-7-12)13-4-2-1-3-5-13/h1-5,10,12H,6-9,11H2,(H,18,23)(H,21,22). The minimum absolute atomic E-state index is 0.156. The van der Waals surface area contributed by atoms with Crippen LogP contribution in [-0.4, -0.2) is 46.5 Å². The van der Waals surface area contributed by atoms with Gasteiger partial charge in [0.2, 0.25) is 0 Å². The van der Waals surface area contributed by atoms with Crippen molar-refractivity contribution in [2.24, 2.45) is 0 Å². The molecule has 0 spiro atoms. The number of ether oxygens (including phenoxy) is 1. The number of rotatable bonds is 8. The van der Waals surface area contributed by atoms with Gasteiger partial charge in [0, 0.05) is 12.5 Å². The van der Waals surface area contributed by atoms with E-state index >= 15 is 0 Å². The van der Waals surface area contributed by atoms with Crippen molar-refractivity contribution in [2.75, 3.05) is 19.8 Å². The number of hydrogen-bond acceptors (Lipinski definition) is 4. The van der Waals surface area contributed by atoms with Crippen LogP contribution in [0.2, 0.25) is 0 Å². The van der Waals surface area contributed by atoms with Gasteiger partial charge in [0.15, 0.2) is 0 Å². The number of benzene rings is 1. The summed E-state index contributed by atoms with van der Waals surface area (Å²) in [6.07, 6.45) is 3.70. The summed E-state index contributed by atoms with van der Waals surface area (Å²) in [6, 6.07) is 9.73. The van der Waals surface area contributed by atoms with Crippen LogP contribution in [0.4, 0.5) is 0 Å². The molecular weight excluding hydrogens is 310 g/mol. The molecule has 1 fully saturated rings. The molecule has 0 bridgehead atoms. The molecular formula is C17H19N3O4. The van der Waals surface area contributed by atoms with Crippen LogP contribution in [0.25, 0.3) is 5.69 Å². The molecule has 0 unspecified atom stereocenters. The first kappa shape index (κ1) is 16.2. The highest BCUT2D eigenvalue weighted by molar-refractivity contribution is 5.95. The number of para-hydroxylation sites is 1. The number of amides is 1. The third-order valence-corrected chi connectivity index (χ3v) is 3.77. The van der Waals surface area contributed by atoms with E-state index in [1.54, 1.807) is 6.20 Å². The maximum atomic E-state index is 12.4. The summed E-state index contributed by atoms with van der Waals surface area (Å²) >= 11 is 0. The molecule has 0 aliphatic heterocycles. The van der Waals surface area contributed by atoms with E-state index in [-0.39, 0.29) is 25.7 Å². The molecule has 1 aliphatic rings. The zero-order valence-corrected chi connectivity index (χ0v) is 13.1. The fraction of sp³-hybridized carbons (Fsp3) is 0.353. The number of carbonyl (C=O) groups excluding carboxylic acids is 1. The lowest BCUT2D eigenvalue weighted by Crippen LogP contribution is -2.28. The molecule has 2 N–H and O–H groups in total. The van der Waals surface area contributed by atoms with E-state index in [0.717, 1.165) is 24.2 Å². The number of nitrogens with zero attached hydrogens (tertiary/aromatic N) is 2. The van der Waals surface area contributed by atoms with Crippen molar-refractivity contribution in [3.63, 3.8) is 0 Å². The number of carboxylic acid groups (broad SMARTS) is 1. The molecule has 1 saturated carbocycles. The lowest BCUT2D eigenvalue weighted by molar-refractivity contribution is -0.142. The third-order valence-electron chi connectivity index (χ3n) is 3.77. The summed E-state index contributed by atoms with van der Waals surface area (Å²) < 4.78 is 6.74. The SMILES string of the molecule is O=C(O)COCCNC(=O)c1cnn(-c2ccccc2)c1C1CC1. The van der Waals surface area contributed by atoms with Crippen molar-refractivity contribution in [3.05, 3.63) is 47.8 Å². The Morgan fingerprint density at radius 1 is 1.29 bits per heavy atom. The van der Waals surface area contributed by atoms with Crippen molar-refractivity contribution < 1.29 is 19.4 Å². The molecule has 0 atom stereocenters. The van der Waals surface area contributed by atoms with E-state index in [2.05, 4.69) is 10.4 Å². The van der Waals surface area contributed by atoms with Gasteiger partial charge in [-0.3, -0.25) is 4.79 Å². The molecule has 7 heteroatoms. The van der Waals surface area contributed by atoms with E-state index in [4.69, 9.17) is 9.84 Å². The van der Waals surface area contributed by atoms with Gasteiger partial charge in [-0.15, -0.1) is 0 Å². The van der Waals surface area contributed by atoms with Gasteiger partial charge in [-0.25, -0.2) is 9.48 Å². The highest BCUT2D eigenvalue weighted by Crippen LogP contribution is 2.42. The Bertz CT molecular complexity index is 723. The van der Waals surface area contributed by atoms with Gasteiger partial charge < -0.3 is 15.2 Å². The molecule has 0 saturated heterocycles. The van der Waals surface area contributed by atoms with Gasteiger partial charge in [0.1, 0.15) is 6.61 Å². The molecule has 0 radical (unpaired) electrons. The van der Waals surface area contributed by atoms with E-state index in [9.17, 15) is 9.59 Å². The van der Waals surface area contributed by atoms with Crippen LogP contribution in [0.5, 0.6) is 0 Å². The number of carboxylic acids is 1. The Hall–Kier alpha value is -2.67. The first-order valence-electron chi connectivity index (χ1n) is 7.88. The van der Waals surface area contributed by atoms with Gasteiger partial charge in [-0.2, -0.15) is 5.10 Å². The summed E-state index contributed by atoms with van der Waals surface area (Å²) in [5.41, 5.74) is 2.44. The molecule has 1 aromatic heterocycles. The predicted molar refractivity (Wildman–Crippen MR) is 86.3 cm³/mol. The van der Waals surface area contributed by atoms with Gasteiger partial charge in [0.05, 0.1) is 29.7 Å². The number of aliphatic carboxylic acids is 1. The summed E-state index contributed by atoms with van der Waals surface area (Å²) in [5, 5.41) is 15.6. The van der Waals surface area contributed by atoms with Gasteiger partial charge in [0.25, 0.3) is 5.91 Å². The molecule has 1 amide bonds. The molecule has 2 aromatic rings. The molecule has 7 nitrogen and oxygen atoms in total. The molecule has 126 valence electrons.